The number of carbonyl (C=O) groups is 2. The SMILES string of the molecule is COC(=O)c1cc2c(C(=O)OC)cc1CCc1c(C)c(C)c(c(C)c1C)CC2. The van der Waals surface area contributed by atoms with E-state index >= 15 is 0 Å². The third kappa shape index (κ3) is 3.32. The molecule has 28 heavy (non-hydrogen) atoms. The van der Waals surface area contributed by atoms with E-state index < -0.39 is 0 Å². The van der Waals surface area contributed by atoms with Gasteiger partial charge in [0.1, 0.15) is 0 Å². The number of ether oxygens (including phenoxy) is 2. The lowest BCUT2D eigenvalue weighted by atomic mass is 9.82. The van der Waals surface area contributed by atoms with Gasteiger partial charge < -0.3 is 9.47 Å². The van der Waals surface area contributed by atoms with Crippen molar-refractivity contribution >= 4 is 11.9 Å². The molecule has 2 aromatic rings. The molecule has 0 radical (unpaired) electrons. The Balaban J connectivity index is 2.25. The van der Waals surface area contributed by atoms with Gasteiger partial charge in [0.2, 0.25) is 0 Å². The minimum atomic E-state index is -0.362. The minimum absolute atomic E-state index is 0.362. The largest absolute Gasteiger partial charge is 0.465 e. The number of benzene rings is 2. The Morgan fingerprint density at radius 2 is 0.964 bits per heavy atom. The molecule has 0 atom stereocenters. The summed E-state index contributed by atoms with van der Waals surface area (Å²) in [5.41, 5.74) is 10.7. The average molecular weight is 380 g/mol. The van der Waals surface area contributed by atoms with Crippen molar-refractivity contribution in [1.29, 1.82) is 0 Å². The summed E-state index contributed by atoms with van der Waals surface area (Å²) < 4.78 is 10.0. The zero-order valence-electron chi connectivity index (χ0n) is 17.6. The van der Waals surface area contributed by atoms with Crippen LogP contribution in [-0.2, 0) is 35.2 Å². The summed E-state index contributed by atoms with van der Waals surface area (Å²) in [7, 11) is 2.78. The van der Waals surface area contributed by atoms with Crippen LogP contribution in [0.2, 0.25) is 0 Å². The van der Waals surface area contributed by atoms with Gasteiger partial charge in [-0.1, -0.05) is 0 Å². The maximum absolute atomic E-state index is 12.4. The van der Waals surface area contributed by atoms with Crippen LogP contribution < -0.4 is 0 Å². The molecule has 0 spiro atoms. The van der Waals surface area contributed by atoms with E-state index in [-0.39, 0.29) is 11.9 Å². The molecule has 4 nitrogen and oxygen atoms in total. The third-order valence-electron chi connectivity index (χ3n) is 6.36. The Hall–Kier alpha value is -2.62. The van der Waals surface area contributed by atoms with Crippen LogP contribution in [0.1, 0.15) is 65.2 Å². The average Bonchev–Trinajstić information content (AvgIpc) is 2.70. The Labute approximate surface area is 166 Å². The molecule has 148 valence electrons. The van der Waals surface area contributed by atoms with Crippen LogP contribution >= 0.6 is 0 Å². The van der Waals surface area contributed by atoms with Crippen LogP contribution in [0.15, 0.2) is 12.1 Å². The Morgan fingerprint density at radius 3 is 1.25 bits per heavy atom. The Morgan fingerprint density at radius 1 is 0.643 bits per heavy atom. The number of hydrogen-bond acceptors (Lipinski definition) is 4. The first kappa shape index (κ1) is 20.1. The van der Waals surface area contributed by atoms with Crippen molar-refractivity contribution in [1.82, 2.24) is 0 Å². The van der Waals surface area contributed by atoms with Crippen molar-refractivity contribution in [2.45, 2.75) is 53.4 Å². The van der Waals surface area contributed by atoms with Gasteiger partial charge in [-0.3, -0.25) is 0 Å². The molecule has 0 heterocycles. The van der Waals surface area contributed by atoms with E-state index in [4.69, 9.17) is 9.47 Å². The Kier molecular flexibility index (Phi) is 5.59. The van der Waals surface area contributed by atoms with E-state index in [1.807, 2.05) is 12.1 Å². The minimum Gasteiger partial charge on any atom is -0.465 e. The van der Waals surface area contributed by atoms with E-state index in [0.717, 1.165) is 24.0 Å². The molecule has 0 saturated heterocycles. The van der Waals surface area contributed by atoms with Crippen molar-refractivity contribution in [2.75, 3.05) is 14.2 Å². The van der Waals surface area contributed by atoms with Gasteiger partial charge in [0.15, 0.2) is 0 Å². The second-order valence-electron chi connectivity index (χ2n) is 7.61. The molecular weight excluding hydrogens is 352 g/mol. The summed E-state index contributed by atoms with van der Waals surface area (Å²) >= 11 is 0. The smallest absolute Gasteiger partial charge is 0.338 e. The third-order valence-corrected chi connectivity index (χ3v) is 6.36. The monoisotopic (exact) mass is 380 g/mol. The first-order chi connectivity index (χ1) is 13.3. The number of aryl methyl sites for hydroxylation is 2. The van der Waals surface area contributed by atoms with Gasteiger partial charge in [-0.05, 0) is 110 Å². The fraction of sp³-hybridized carbons (Fsp3) is 0.417. The maximum atomic E-state index is 12.4. The zero-order chi connectivity index (χ0) is 20.6. The second kappa shape index (κ2) is 7.78. The van der Waals surface area contributed by atoms with Crippen LogP contribution in [0.5, 0.6) is 0 Å². The van der Waals surface area contributed by atoms with Crippen LogP contribution in [0, 0.1) is 27.7 Å². The van der Waals surface area contributed by atoms with Crippen molar-refractivity contribution in [3.05, 3.63) is 67.8 Å². The van der Waals surface area contributed by atoms with Crippen LogP contribution in [0.3, 0.4) is 0 Å². The number of hydrogen-bond donors (Lipinski definition) is 0. The van der Waals surface area contributed by atoms with Gasteiger partial charge in [0.05, 0.1) is 25.3 Å². The summed E-state index contributed by atoms with van der Waals surface area (Å²) in [6, 6.07) is 3.65. The fourth-order valence-corrected chi connectivity index (χ4v) is 4.44. The van der Waals surface area contributed by atoms with Crippen molar-refractivity contribution < 1.29 is 19.1 Å². The molecule has 4 aliphatic rings. The highest BCUT2D eigenvalue weighted by atomic mass is 16.5. The highest BCUT2D eigenvalue weighted by Gasteiger charge is 2.23. The van der Waals surface area contributed by atoms with E-state index in [1.165, 1.54) is 47.6 Å². The van der Waals surface area contributed by atoms with E-state index in [2.05, 4.69) is 27.7 Å². The summed E-state index contributed by atoms with van der Waals surface area (Å²) in [6.07, 6.45) is 2.94. The number of rotatable bonds is 2. The number of carbonyl (C=O) groups excluding carboxylic acids is 2. The van der Waals surface area contributed by atoms with Gasteiger partial charge in [-0.25, -0.2) is 9.59 Å². The molecule has 0 unspecified atom stereocenters. The topological polar surface area (TPSA) is 52.6 Å². The summed E-state index contributed by atoms with van der Waals surface area (Å²) in [5, 5.41) is 0. The fourth-order valence-electron chi connectivity index (χ4n) is 4.44. The molecule has 0 aromatic heterocycles. The lowest BCUT2D eigenvalue weighted by Gasteiger charge is -2.23. The maximum Gasteiger partial charge on any atom is 0.338 e. The molecule has 0 fully saturated rings. The Bertz CT molecular complexity index is 862. The summed E-state index contributed by atoms with van der Waals surface area (Å²) in [6.45, 7) is 8.76. The molecule has 0 aliphatic heterocycles. The van der Waals surface area contributed by atoms with Crippen molar-refractivity contribution in [2.24, 2.45) is 0 Å². The standard InChI is InChI=1S/C24H28O4/c1-13-14(2)20-10-8-18-12-21(23(25)27-5)17(11-22(18)24(26)28-6)7-9-19(13)15(3)16(20)4/h11-12H,7-10H2,1-6H3. The predicted octanol–water partition coefficient (Wildman–Crippen LogP) is 4.38. The van der Waals surface area contributed by atoms with Gasteiger partial charge in [0.25, 0.3) is 0 Å². The molecule has 0 N–H and O–H groups in total. The van der Waals surface area contributed by atoms with E-state index in [9.17, 15) is 9.59 Å². The molecule has 4 aliphatic carbocycles. The molecule has 6 rings (SSSR count). The van der Waals surface area contributed by atoms with Gasteiger partial charge in [0, 0.05) is 0 Å². The number of esters is 2. The highest BCUT2D eigenvalue weighted by Crippen LogP contribution is 2.31. The molecular formula is C24H28O4. The first-order valence-corrected chi connectivity index (χ1v) is 9.70. The molecule has 4 bridgehead atoms. The van der Waals surface area contributed by atoms with Gasteiger partial charge >= 0.3 is 11.9 Å². The summed E-state index contributed by atoms with van der Waals surface area (Å²) in [5.74, 6) is -0.723. The second-order valence-corrected chi connectivity index (χ2v) is 7.61. The number of methoxy groups -OCH3 is 2. The lowest BCUT2D eigenvalue weighted by molar-refractivity contribution is 0.0584. The van der Waals surface area contributed by atoms with Crippen molar-refractivity contribution in [3.8, 4) is 0 Å². The van der Waals surface area contributed by atoms with Crippen LogP contribution in [0.4, 0.5) is 0 Å². The van der Waals surface area contributed by atoms with Gasteiger partial charge in [-0.15, -0.1) is 0 Å². The van der Waals surface area contributed by atoms with Crippen LogP contribution in [0.25, 0.3) is 0 Å². The molecule has 2 aromatic carbocycles. The normalized spacial score (nSPS) is 13.1. The lowest BCUT2D eigenvalue weighted by Crippen LogP contribution is -2.16. The molecule has 4 heteroatoms. The zero-order valence-corrected chi connectivity index (χ0v) is 17.6. The van der Waals surface area contributed by atoms with Gasteiger partial charge in [-0.2, -0.15) is 0 Å². The van der Waals surface area contributed by atoms with E-state index in [1.54, 1.807) is 0 Å². The van der Waals surface area contributed by atoms with E-state index in [0.29, 0.717) is 24.0 Å². The predicted molar refractivity (Wildman–Crippen MR) is 109 cm³/mol. The summed E-state index contributed by atoms with van der Waals surface area (Å²) in [4.78, 5) is 24.8. The van der Waals surface area contributed by atoms with Crippen LogP contribution in [-0.4, -0.2) is 26.2 Å². The highest BCUT2D eigenvalue weighted by molar-refractivity contribution is 5.96. The van der Waals surface area contributed by atoms with Crippen molar-refractivity contribution in [3.63, 3.8) is 0 Å². The molecule has 0 amide bonds. The first-order valence-electron chi connectivity index (χ1n) is 9.70. The molecule has 0 saturated carbocycles. The quantitative estimate of drug-likeness (QED) is 0.726.